The van der Waals surface area contributed by atoms with E-state index in [1.54, 1.807) is 24.3 Å². The van der Waals surface area contributed by atoms with Crippen LogP contribution in [0.5, 0.6) is 0 Å². The van der Waals surface area contributed by atoms with E-state index in [9.17, 15) is 9.59 Å². The van der Waals surface area contributed by atoms with Gasteiger partial charge in [-0.05, 0) is 30.7 Å². The Kier molecular flexibility index (Phi) is 4.68. The maximum atomic E-state index is 11.8. The Morgan fingerprint density at radius 2 is 2.14 bits per heavy atom. The molecule has 0 aliphatic carbocycles. The van der Waals surface area contributed by atoms with Crippen LogP contribution in [0.2, 0.25) is 0 Å². The van der Waals surface area contributed by atoms with Crippen molar-refractivity contribution in [3.8, 4) is 0 Å². The summed E-state index contributed by atoms with van der Waals surface area (Å²) in [7, 11) is 0. The molecular weight excluding hydrogens is 290 g/mol. The lowest BCUT2D eigenvalue weighted by Crippen LogP contribution is -2.19. The smallest absolute Gasteiger partial charge is 0.328 e. The first-order chi connectivity index (χ1) is 10.0. The molecule has 0 fully saturated rings. The first kappa shape index (κ1) is 14.7. The molecule has 0 unspecified atom stereocenters. The first-order valence-corrected chi connectivity index (χ1v) is 6.92. The van der Waals surface area contributed by atoms with Gasteiger partial charge in [-0.25, -0.2) is 14.6 Å². The fourth-order valence-corrected chi connectivity index (χ4v) is 2.24. The predicted octanol–water partition coefficient (Wildman–Crippen LogP) is 3.19. The molecule has 3 N–H and O–H groups in total. The zero-order chi connectivity index (χ0) is 15.2. The average molecular weight is 303 g/mol. The van der Waals surface area contributed by atoms with Crippen molar-refractivity contribution in [1.82, 2.24) is 4.98 Å². The lowest BCUT2D eigenvalue weighted by Gasteiger charge is -2.06. The van der Waals surface area contributed by atoms with E-state index in [0.29, 0.717) is 16.4 Å². The zero-order valence-electron chi connectivity index (χ0n) is 11.2. The van der Waals surface area contributed by atoms with E-state index < -0.39 is 12.0 Å². The SMILES string of the molecule is Cc1csc(NC(=O)Nc2cccc(/C=C/C(=O)O)c2)n1. The largest absolute Gasteiger partial charge is 0.478 e. The van der Waals surface area contributed by atoms with E-state index >= 15 is 0 Å². The molecule has 0 bridgehead atoms. The summed E-state index contributed by atoms with van der Waals surface area (Å²) in [5, 5.41) is 16.2. The monoisotopic (exact) mass is 303 g/mol. The van der Waals surface area contributed by atoms with Crippen LogP contribution in [-0.4, -0.2) is 22.1 Å². The highest BCUT2D eigenvalue weighted by Crippen LogP contribution is 2.16. The third-order valence-electron chi connectivity index (χ3n) is 2.40. The number of aryl methyl sites for hydroxylation is 1. The molecule has 2 amide bonds. The summed E-state index contributed by atoms with van der Waals surface area (Å²) in [5.41, 5.74) is 2.09. The zero-order valence-corrected chi connectivity index (χ0v) is 12.0. The highest BCUT2D eigenvalue weighted by atomic mass is 32.1. The maximum absolute atomic E-state index is 11.8. The number of thiazole rings is 1. The normalized spacial score (nSPS) is 10.5. The molecule has 2 rings (SSSR count). The Morgan fingerprint density at radius 1 is 1.33 bits per heavy atom. The number of nitrogens with zero attached hydrogens (tertiary/aromatic N) is 1. The number of amides is 2. The number of aliphatic carboxylic acids is 1. The summed E-state index contributed by atoms with van der Waals surface area (Å²) in [5.74, 6) is -1.02. The molecule has 0 aliphatic heterocycles. The highest BCUT2D eigenvalue weighted by molar-refractivity contribution is 7.13. The maximum Gasteiger partial charge on any atom is 0.328 e. The second kappa shape index (κ2) is 6.67. The molecule has 7 heteroatoms. The predicted molar refractivity (Wildman–Crippen MR) is 82.6 cm³/mol. The first-order valence-electron chi connectivity index (χ1n) is 6.04. The lowest BCUT2D eigenvalue weighted by atomic mass is 10.2. The van der Waals surface area contributed by atoms with E-state index in [4.69, 9.17) is 5.11 Å². The van der Waals surface area contributed by atoms with E-state index in [-0.39, 0.29) is 0 Å². The molecule has 0 radical (unpaired) electrons. The van der Waals surface area contributed by atoms with Gasteiger partial charge in [-0.3, -0.25) is 5.32 Å². The molecule has 0 spiro atoms. The van der Waals surface area contributed by atoms with Crippen molar-refractivity contribution in [2.75, 3.05) is 10.6 Å². The number of nitrogens with one attached hydrogen (secondary N) is 2. The van der Waals surface area contributed by atoms with Crippen LogP contribution in [0, 0.1) is 6.92 Å². The Morgan fingerprint density at radius 3 is 2.81 bits per heavy atom. The minimum absolute atomic E-state index is 0.399. The Labute approximate surface area is 125 Å². The fourth-order valence-electron chi connectivity index (χ4n) is 1.56. The number of hydrogen-bond donors (Lipinski definition) is 3. The van der Waals surface area contributed by atoms with Gasteiger partial charge in [0.25, 0.3) is 0 Å². The number of hydrogen-bond acceptors (Lipinski definition) is 4. The van der Waals surface area contributed by atoms with Crippen LogP contribution < -0.4 is 10.6 Å². The minimum atomic E-state index is -1.02. The molecule has 2 aromatic rings. The lowest BCUT2D eigenvalue weighted by molar-refractivity contribution is -0.131. The average Bonchev–Trinajstić information content (AvgIpc) is 2.82. The fraction of sp³-hybridized carbons (Fsp3) is 0.0714. The van der Waals surface area contributed by atoms with E-state index in [1.807, 2.05) is 12.3 Å². The number of carbonyl (C=O) groups excluding carboxylic acids is 1. The Bertz CT molecular complexity index is 694. The number of rotatable bonds is 4. The van der Waals surface area contributed by atoms with Gasteiger partial charge in [0.2, 0.25) is 0 Å². The van der Waals surface area contributed by atoms with Crippen molar-refractivity contribution >= 4 is 40.2 Å². The number of urea groups is 1. The van der Waals surface area contributed by atoms with E-state index in [2.05, 4.69) is 15.6 Å². The number of anilines is 2. The van der Waals surface area contributed by atoms with Gasteiger partial charge >= 0.3 is 12.0 Å². The van der Waals surface area contributed by atoms with Crippen LogP contribution in [0.3, 0.4) is 0 Å². The van der Waals surface area contributed by atoms with Gasteiger partial charge in [0.15, 0.2) is 5.13 Å². The van der Waals surface area contributed by atoms with Gasteiger partial charge in [0, 0.05) is 17.1 Å². The molecule has 6 nitrogen and oxygen atoms in total. The number of aromatic nitrogens is 1. The third kappa shape index (κ3) is 4.73. The quantitative estimate of drug-likeness (QED) is 0.756. The standard InChI is InChI=1S/C14H13N3O3S/c1-9-8-21-14(15-9)17-13(20)16-11-4-2-3-10(7-11)5-6-12(18)19/h2-8H,1H3,(H,18,19)(H2,15,16,17,20)/b6-5+. The van der Waals surface area contributed by atoms with Crippen LogP contribution in [0.1, 0.15) is 11.3 Å². The van der Waals surface area contributed by atoms with Crippen molar-refractivity contribution < 1.29 is 14.7 Å². The van der Waals surface area contributed by atoms with Crippen molar-refractivity contribution in [1.29, 1.82) is 0 Å². The minimum Gasteiger partial charge on any atom is -0.478 e. The number of carbonyl (C=O) groups is 2. The van der Waals surface area contributed by atoms with E-state index in [0.717, 1.165) is 11.8 Å². The summed E-state index contributed by atoms with van der Waals surface area (Å²) in [6.07, 6.45) is 2.49. The Hall–Kier alpha value is -2.67. The highest BCUT2D eigenvalue weighted by Gasteiger charge is 2.05. The molecule has 21 heavy (non-hydrogen) atoms. The van der Waals surface area contributed by atoms with Gasteiger partial charge in [0.05, 0.1) is 5.69 Å². The topological polar surface area (TPSA) is 91.3 Å². The van der Waals surface area contributed by atoms with Crippen molar-refractivity contribution in [2.45, 2.75) is 6.92 Å². The molecule has 1 aromatic carbocycles. The molecule has 0 saturated carbocycles. The van der Waals surface area contributed by atoms with Gasteiger partial charge < -0.3 is 10.4 Å². The van der Waals surface area contributed by atoms with Crippen LogP contribution in [-0.2, 0) is 4.79 Å². The molecule has 0 saturated heterocycles. The van der Waals surface area contributed by atoms with Crippen molar-refractivity contribution in [3.05, 3.63) is 47.0 Å². The number of carboxylic acids is 1. The molecule has 1 heterocycles. The third-order valence-corrected chi connectivity index (χ3v) is 3.28. The number of carboxylic acid groups (broad SMARTS) is 1. The molecule has 1 aromatic heterocycles. The van der Waals surface area contributed by atoms with Crippen LogP contribution >= 0.6 is 11.3 Å². The van der Waals surface area contributed by atoms with Crippen LogP contribution in [0.25, 0.3) is 6.08 Å². The molecule has 0 aliphatic rings. The summed E-state index contributed by atoms with van der Waals surface area (Å²) < 4.78 is 0. The summed E-state index contributed by atoms with van der Waals surface area (Å²) in [4.78, 5) is 26.4. The second-order valence-electron chi connectivity index (χ2n) is 4.17. The van der Waals surface area contributed by atoms with Gasteiger partial charge in [0.1, 0.15) is 0 Å². The summed E-state index contributed by atoms with van der Waals surface area (Å²) >= 11 is 1.34. The van der Waals surface area contributed by atoms with Crippen LogP contribution in [0.15, 0.2) is 35.7 Å². The van der Waals surface area contributed by atoms with Crippen LogP contribution in [0.4, 0.5) is 15.6 Å². The van der Waals surface area contributed by atoms with Gasteiger partial charge in [-0.1, -0.05) is 12.1 Å². The molecule has 108 valence electrons. The number of benzene rings is 1. The van der Waals surface area contributed by atoms with Gasteiger partial charge in [-0.15, -0.1) is 11.3 Å². The summed E-state index contributed by atoms with van der Waals surface area (Å²) in [6.45, 7) is 1.85. The van der Waals surface area contributed by atoms with Crippen molar-refractivity contribution in [2.24, 2.45) is 0 Å². The molecular formula is C14H13N3O3S. The second-order valence-corrected chi connectivity index (χ2v) is 5.03. The summed E-state index contributed by atoms with van der Waals surface area (Å²) in [6, 6.07) is 6.46. The Balaban J connectivity index is 2.00. The molecule has 0 atom stereocenters. The van der Waals surface area contributed by atoms with Gasteiger partial charge in [-0.2, -0.15) is 0 Å². The van der Waals surface area contributed by atoms with E-state index in [1.165, 1.54) is 17.4 Å². The van der Waals surface area contributed by atoms with Crippen molar-refractivity contribution in [3.63, 3.8) is 0 Å².